The topological polar surface area (TPSA) is 48.9 Å². The third-order valence-electron chi connectivity index (χ3n) is 5.71. The molecule has 0 aromatic heterocycles. The summed E-state index contributed by atoms with van der Waals surface area (Å²) >= 11 is 0. The number of nitrogens with one attached hydrogen (secondary N) is 2. The number of nitrogens with zero attached hydrogens (tertiary/aromatic N) is 2. The number of hydrogen-bond donors (Lipinski definition) is 2. The van der Waals surface area contributed by atoms with Crippen molar-refractivity contribution in [2.24, 2.45) is 10.9 Å². The van der Waals surface area contributed by atoms with Gasteiger partial charge < -0.3 is 20.3 Å². The third-order valence-corrected chi connectivity index (χ3v) is 5.71. The SMILES string of the molecule is CCNC(=NCCC1=CCOCC1)NC1CCN(CC2CCCC2)C1.I. The van der Waals surface area contributed by atoms with E-state index in [1.807, 2.05) is 0 Å². The van der Waals surface area contributed by atoms with E-state index in [1.54, 1.807) is 0 Å². The molecule has 1 aliphatic carbocycles. The highest BCUT2D eigenvalue weighted by atomic mass is 127. The molecule has 150 valence electrons. The first-order valence-electron chi connectivity index (χ1n) is 10.4. The van der Waals surface area contributed by atoms with Gasteiger partial charge in [-0.1, -0.05) is 24.5 Å². The Hall–Kier alpha value is -0.340. The Morgan fingerprint density at radius 2 is 2.15 bits per heavy atom. The Kier molecular flexibility index (Phi) is 10.3. The fourth-order valence-corrected chi connectivity index (χ4v) is 4.29. The van der Waals surface area contributed by atoms with Crippen LogP contribution >= 0.6 is 24.0 Å². The maximum atomic E-state index is 5.37. The summed E-state index contributed by atoms with van der Waals surface area (Å²) in [6.45, 7) is 9.27. The van der Waals surface area contributed by atoms with Crippen LogP contribution in [-0.4, -0.2) is 62.8 Å². The van der Waals surface area contributed by atoms with E-state index in [2.05, 4.69) is 28.5 Å². The van der Waals surface area contributed by atoms with Gasteiger partial charge in [0.05, 0.1) is 13.2 Å². The minimum absolute atomic E-state index is 0. The molecule has 2 N–H and O–H groups in total. The van der Waals surface area contributed by atoms with E-state index in [1.165, 1.54) is 57.3 Å². The zero-order valence-electron chi connectivity index (χ0n) is 16.3. The number of hydrogen-bond acceptors (Lipinski definition) is 3. The highest BCUT2D eigenvalue weighted by Crippen LogP contribution is 2.26. The first-order valence-corrected chi connectivity index (χ1v) is 10.4. The van der Waals surface area contributed by atoms with Gasteiger partial charge in [0.1, 0.15) is 0 Å². The van der Waals surface area contributed by atoms with E-state index in [4.69, 9.17) is 9.73 Å². The summed E-state index contributed by atoms with van der Waals surface area (Å²) in [6.07, 6.45) is 11.4. The summed E-state index contributed by atoms with van der Waals surface area (Å²) in [5.74, 6) is 1.94. The molecule has 0 radical (unpaired) electrons. The van der Waals surface area contributed by atoms with E-state index in [-0.39, 0.29) is 24.0 Å². The fraction of sp³-hybridized carbons (Fsp3) is 0.850. The molecule has 1 saturated heterocycles. The third kappa shape index (κ3) is 7.35. The van der Waals surface area contributed by atoms with Crippen LogP contribution in [0.15, 0.2) is 16.6 Å². The van der Waals surface area contributed by atoms with Crippen molar-refractivity contribution < 1.29 is 4.74 Å². The van der Waals surface area contributed by atoms with E-state index < -0.39 is 0 Å². The summed E-state index contributed by atoms with van der Waals surface area (Å²) in [5, 5.41) is 7.07. The molecular formula is C20H37IN4O. The molecule has 5 nitrogen and oxygen atoms in total. The first-order chi connectivity index (χ1) is 12.3. The molecule has 6 heteroatoms. The number of likely N-dealkylation sites (tertiary alicyclic amines) is 1. The Balaban J connectivity index is 0.00000243. The Bertz CT molecular complexity index is 463. The Labute approximate surface area is 176 Å². The van der Waals surface area contributed by atoms with Gasteiger partial charge in [0.25, 0.3) is 0 Å². The fourth-order valence-electron chi connectivity index (χ4n) is 4.29. The van der Waals surface area contributed by atoms with E-state index in [0.717, 1.165) is 51.0 Å². The molecule has 3 rings (SSSR count). The second-order valence-electron chi connectivity index (χ2n) is 7.74. The van der Waals surface area contributed by atoms with Gasteiger partial charge in [0.2, 0.25) is 0 Å². The maximum absolute atomic E-state index is 5.37. The number of aliphatic imine (C=N–C) groups is 1. The summed E-state index contributed by atoms with van der Waals surface area (Å²) in [4.78, 5) is 7.45. The van der Waals surface area contributed by atoms with E-state index >= 15 is 0 Å². The molecule has 2 heterocycles. The minimum Gasteiger partial charge on any atom is -0.377 e. The second-order valence-corrected chi connectivity index (χ2v) is 7.74. The average Bonchev–Trinajstić information content (AvgIpc) is 3.29. The van der Waals surface area contributed by atoms with Crippen molar-refractivity contribution in [2.75, 3.05) is 45.9 Å². The number of rotatable bonds is 7. The number of halogens is 1. The molecule has 1 atom stereocenters. The summed E-state index contributed by atoms with van der Waals surface area (Å²) < 4.78 is 5.37. The quantitative estimate of drug-likeness (QED) is 0.257. The van der Waals surface area contributed by atoms with Crippen molar-refractivity contribution in [3.8, 4) is 0 Å². The summed E-state index contributed by atoms with van der Waals surface area (Å²) in [7, 11) is 0. The number of ether oxygens (including phenoxy) is 1. The van der Waals surface area contributed by atoms with Gasteiger partial charge >= 0.3 is 0 Å². The van der Waals surface area contributed by atoms with Gasteiger partial charge in [-0.3, -0.25) is 4.99 Å². The lowest BCUT2D eigenvalue weighted by Crippen LogP contribution is -2.44. The van der Waals surface area contributed by atoms with Crippen LogP contribution in [0.5, 0.6) is 0 Å². The maximum Gasteiger partial charge on any atom is 0.191 e. The molecule has 0 amide bonds. The van der Waals surface area contributed by atoms with Crippen LogP contribution in [0.2, 0.25) is 0 Å². The van der Waals surface area contributed by atoms with Crippen LogP contribution in [0.3, 0.4) is 0 Å². The van der Waals surface area contributed by atoms with Crippen molar-refractivity contribution in [1.82, 2.24) is 15.5 Å². The van der Waals surface area contributed by atoms with Crippen LogP contribution in [0.25, 0.3) is 0 Å². The molecule has 0 spiro atoms. The molecule has 0 bridgehead atoms. The highest BCUT2D eigenvalue weighted by molar-refractivity contribution is 14.0. The lowest BCUT2D eigenvalue weighted by atomic mass is 10.1. The smallest absolute Gasteiger partial charge is 0.191 e. The molecule has 3 aliphatic rings. The van der Waals surface area contributed by atoms with Gasteiger partial charge in [-0.25, -0.2) is 0 Å². The molecule has 1 saturated carbocycles. The van der Waals surface area contributed by atoms with Crippen LogP contribution in [0.4, 0.5) is 0 Å². The molecule has 26 heavy (non-hydrogen) atoms. The summed E-state index contributed by atoms with van der Waals surface area (Å²) in [6, 6.07) is 0.543. The van der Waals surface area contributed by atoms with Crippen LogP contribution < -0.4 is 10.6 Å². The van der Waals surface area contributed by atoms with Crippen molar-refractivity contribution in [3.05, 3.63) is 11.6 Å². The molecule has 0 aromatic carbocycles. The van der Waals surface area contributed by atoms with Gasteiger partial charge in [-0.15, -0.1) is 24.0 Å². The van der Waals surface area contributed by atoms with E-state index in [9.17, 15) is 0 Å². The van der Waals surface area contributed by atoms with Crippen molar-refractivity contribution in [2.45, 2.75) is 57.9 Å². The lowest BCUT2D eigenvalue weighted by Gasteiger charge is -2.21. The largest absolute Gasteiger partial charge is 0.377 e. The van der Waals surface area contributed by atoms with Crippen LogP contribution in [0, 0.1) is 5.92 Å². The van der Waals surface area contributed by atoms with Crippen LogP contribution in [0.1, 0.15) is 51.9 Å². The monoisotopic (exact) mass is 476 g/mol. The van der Waals surface area contributed by atoms with Gasteiger partial charge in [0.15, 0.2) is 5.96 Å². The molecule has 2 fully saturated rings. The first kappa shape index (κ1) is 22.0. The number of guanidine groups is 1. The average molecular weight is 476 g/mol. The van der Waals surface area contributed by atoms with Crippen molar-refractivity contribution in [1.29, 1.82) is 0 Å². The predicted octanol–water partition coefficient (Wildman–Crippen LogP) is 3.16. The Morgan fingerprint density at radius 1 is 1.31 bits per heavy atom. The zero-order valence-corrected chi connectivity index (χ0v) is 18.7. The highest BCUT2D eigenvalue weighted by Gasteiger charge is 2.26. The predicted molar refractivity (Wildman–Crippen MR) is 119 cm³/mol. The summed E-state index contributed by atoms with van der Waals surface area (Å²) in [5.41, 5.74) is 1.49. The van der Waals surface area contributed by atoms with Gasteiger partial charge in [-0.2, -0.15) is 0 Å². The van der Waals surface area contributed by atoms with Gasteiger partial charge in [-0.05, 0) is 44.9 Å². The van der Waals surface area contributed by atoms with Gasteiger partial charge in [0, 0.05) is 38.8 Å². The molecule has 1 unspecified atom stereocenters. The molecule has 0 aromatic rings. The van der Waals surface area contributed by atoms with Crippen molar-refractivity contribution >= 4 is 29.9 Å². The molecule has 2 aliphatic heterocycles. The zero-order chi connectivity index (χ0) is 17.3. The van der Waals surface area contributed by atoms with Crippen LogP contribution in [-0.2, 0) is 4.74 Å². The Morgan fingerprint density at radius 3 is 2.88 bits per heavy atom. The van der Waals surface area contributed by atoms with Crippen molar-refractivity contribution in [3.63, 3.8) is 0 Å². The lowest BCUT2D eigenvalue weighted by molar-refractivity contribution is 0.153. The van der Waals surface area contributed by atoms with E-state index in [0.29, 0.717) is 6.04 Å². The molecular weight excluding hydrogens is 439 g/mol. The normalized spacial score (nSPS) is 25.0. The second kappa shape index (κ2) is 12.2. The standard InChI is InChI=1S/C20H36N4O.HI/c1-2-21-20(22-11-7-17-9-13-25-14-10-17)23-19-8-12-24(16-19)15-18-5-3-4-6-18;/h9,18-19H,2-8,10-16H2,1H3,(H2,21,22,23);1H. The minimum atomic E-state index is 0.